The number of thiophene rings is 1. The van der Waals surface area contributed by atoms with Gasteiger partial charge in [-0.1, -0.05) is 6.07 Å². The first kappa shape index (κ1) is 23.0. The summed E-state index contributed by atoms with van der Waals surface area (Å²) >= 11 is 1.50. The lowest BCUT2D eigenvalue weighted by molar-refractivity contribution is 0.0327. The van der Waals surface area contributed by atoms with E-state index in [-0.39, 0.29) is 12.1 Å². The topological polar surface area (TPSA) is 106 Å². The summed E-state index contributed by atoms with van der Waals surface area (Å²) < 4.78 is 5.63. The summed E-state index contributed by atoms with van der Waals surface area (Å²) in [6.07, 6.45) is 4.75. The number of carbonyl (C=O) groups is 1. The van der Waals surface area contributed by atoms with Crippen molar-refractivity contribution >= 4 is 28.9 Å². The Labute approximate surface area is 207 Å². The van der Waals surface area contributed by atoms with E-state index in [1.807, 2.05) is 43.6 Å². The minimum atomic E-state index is -0.271. The van der Waals surface area contributed by atoms with Crippen LogP contribution in [-0.4, -0.2) is 62.0 Å². The van der Waals surface area contributed by atoms with Gasteiger partial charge in [0.2, 0.25) is 0 Å². The molecule has 1 aliphatic rings. The van der Waals surface area contributed by atoms with Crippen molar-refractivity contribution in [3.63, 3.8) is 0 Å². The van der Waals surface area contributed by atoms with Crippen molar-refractivity contribution in [1.29, 1.82) is 0 Å². The predicted molar refractivity (Wildman–Crippen MR) is 134 cm³/mol. The zero-order valence-electron chi connectivity index (χ0n) is 19.5. The average molecular weight is 488 g/mol. The Morgan fingerprint density at radius 1 is 1.14 bits per heavy atom. The molecule has 1 saturated heterocycles. The number of hydrogen-bond donors (Lipinski definition) is 1. The summed E-state index contributed by atoms with van der Waals surface area (Å²) in [5, 5.41) is 5.05. The Kier molecular flexibility index (Phi) is 6.73. The molecule has 0 spiro atoms. The van der Waals surface area contributed by atoms with Crippen molar-refractivity contribution in [3.05, 3.63) is 76.1 Å². The molecule has 178 valence electrons. The van der Waals surface area contributed by atoms with Crippen molar-refractivity contribution in [2.45, 2.75) is 25.9 Å². The minimum absolute atomic E-state index is 0.0362. The highest BCUT2D eigenvalue weighted by molar-refractivity contribution is 7.10. The second kappa shape index (κ2) is 10.2. The van der Waals surface area contributed by atoms with Gasteiger partial charge in [-0.25, -0.2) is 29.7 Å². The molecule has 1 N–H and O–H groups in total. The Morgan fingerprint density at radius 3 is 2.77 bits per heavy atom. The molecule has 5 rings (SSSR count). The summed E-state index contributed by atoms with van der Waals surface area (Å²) in [4.78, 5) is 38.0. The fraction of sp³-hybridized carbons (Fsp3) is 0.280. The number of rotatable bonds is 7. The zero-order valence-corrected chi connectivity index (χ0v) is 20.3. The summed E-state index contributed by atoms with van der Waals surface area (Å²) in [6.45, 7) is 3.67. The lowest BCUT2D eigenvalue weighted by atomic mass is 10.2. The molecule has 35 heavy (non-hydrogen) atoms. The standard InChI is InChI=1S/C25H25N7O2S/c1-16-4-3-5-20(28-16)24-27-10-7-22(31-24)29-21-6-9-26-23(30-21)13-19-12-17(15-35-19)25(33)34-18-8-11-32(2)14-18/h3-7,9-10,12,15,18H,8,11,13-14H2,1-2H3,(H,26,27,29,30,31)/t18-/m1/s1. The van der Waals surface area contributed by atoms with Crippen LogP contribution in [0.5, 0.6) is 0 Å². The van der Waals surface area contributed by atoms with E-state index in [1.54, 1.807) is 24.5 Å². The molecule has 0 amide bonds. The van der Waals surface area contributed by atoms with Crippen LogP contribution in [-0.2, 0) is 11.2 Å². The molecular formula is C25H25N7O2S. The number of pyridine rings is 1. The molecule has 0 radical (unpaired) electrons. The van der Waals surface area contributed by atoms with Crippen LogP contribution in [0.4, 0.5) is 11.6 Å². The number of likely N-dealkylation sites (N-methyl/N-ethyl adjacent to an activating group) is 1. The van der Waals surface area contributed by atoms with E-state index < -0.39 is 0 Å². The summed E-state index contributed by atoms with van der Waals surface area (Å²) in [5.41, 5.74) is 2.19. The van der Waals surface area contributed by atoms with Gasteiger partial charge in [0, 0.05) is 47.9 Å². The first-order valence-corrected chi connectivity index (χ1v) is 12.2. The normalized spacial score (nSPS) is 15.8. The van der Waals surface area contributed by atoms with E-state index in [1.165, 1.54) is 11.3 Å². The molecule has 0 aliphatic carbocycles. The highest BCUT2D eigenvalue weighted by Crippen LogP contribution is 2.21. The Hall–Kier alpha value is -3.76. The Bertz CT molecular complexity index is 1340. The molecule has 0 saturated carbocycles. The third kappa shape index (κ3) is 5.84. The molecule has 0 unspecified atom stereocenters. The smallest absolute Gasteiger partial charge is 0.339 e. The number of nitrogens with one attached hydrogen (secondary N) is 1. The van der Waals surface area contributed by atoms with Crippen LogP contribution in [0.2, 0.25) is 0 Å². The van der Waals surface area contributed by atoms with Crippen molar-refractivity contribution in [3.8, 4) is 11.5 Å². The van der Waals surface area contributed by atoms with Crippen LogP contribution in [0.15, 0.2) is 54.2 Å². The molecule has 4 aromatic heterocycles. The van der Waals surface area contributed by atoms with E-state index in [9.17, 15) is 4.79 Å². The largest absolute Gasteiger partial charge is 0.457 e. The number of anilines is 2. The molecule has 9 nitrogen and oxygen atoms in total. The number of nitrogens with zero attached hydrogens (tertiary/aromatic N) is 6. The van der Waals surface area contributed by atoms with Gasteiger partial charge in [-0.05, 0) is 50.7 Å². The Balaban J connectivity index is 1.24. The van der Waals surface area contributed by atoms with E-state index in [0.29, 0.717) is 41.0 Å². The molecule has 10 heteroatoms. The van der Waals surface area contributed by atoms with E-state index in [0.717, 1.165) is 30.1 Å². The fourth-order valence-electron chi connectivity index (χ4n) is 3.85. The van der Waals surface area contributed by atoms with Gasteiger partial charge in [-0.15, -0.1) is 11.3 Å². The molecule has 1 aliphatic heterocycles. The number of ether oxygens (including phenoxy) is 1. The van der Waals surface area contributed by atoms with Gasteiger partial charge >= 0.3 is 5.97 Å². The second-order valence-corrected chi connectivity index (χ2v) is 9.47. The first-order chi connectivity index (χ1) is 17.0. The maximum atomic E-state index is 12.5. The molecule has 5 heterocycles. The van der Waals surface area contributed by atoms with Crippen LogP contribution in [0.25, 0.3) is 11.5 Å². The van der Waals surface area contributed by atoms with Gasteiger partial charge in [0.25, 0.3) is 0 Å². The predicted octanol–water partition coefficient (Wildman–Crippen LogP) is 3.89. The number of esters is 1. The van der Waals surface area contributed by atoms with Gasteiger partial charge < -0.3 is 15.0 Å². The van der Waals surface area contributed by atoms with Crippen LogP contribution >= 0.6 is 11.3 Å². The van der Waals surface area contributed by atoms with Gasteiger partial charge in [0.15, 0.2) is 5.82 Å². The van der Waals surface area contributed by atoms with Crippen molar-refractivity contribution < 1.29 is 9.53 Å². The van der Waals surface area contributed by atoms with Crippen molar-refractivity contribution in [1.82, 2.24) is 29.8 Å². The monoisotopic (exact) mass is 487 g/mol. The quantitative estimate of drug-likeness (QED) is 0.389. The third-order valence-corrected chi connectivity index (χ3v) is 6.51. The molecule has 4 aromatic rings. The molecule has 1 atom stereocenters. The van der Waals surface area contributed by atoms with Crippen LogP contribution in [0, 0.1) is 6.92 Å². The number of aromatic nitrogens is 5. The number of carbonyl (C=O) groups excluding carboxylic acids is 1. The summed E-state index contributed by atoms with van der Waals surface area (Å²) in [7, 11) is 2.03. The molecule has 1 fully saturated rings. The van der Waals surface area contributed by atoms with E-state index in [2.05, 4.69) is 35.1 Å². The number of likely N-dealkylation sites (tertiary alicyclic amines) is 1. The van der Waals surface area contributed by atoms with E-state index >= 15 is 0 Å². The van der Waals surface area contributed by atoms with Crippen molar-refractivity contribution in [2.75, 3.05) is 25.5 Å². The summed E-state index contributed by atoms with van der Waals surface area (Å²) in [6, 6.07) is 11.2. The van der Waals surface area contributed by atoms with E-state index in [4.69, 9.17) is 4.74 Å². The van der Waals surface area contributed by atoms with Crippen LogP contribution in [0.1, 0.15) is 33.2 Å². The Morgan fingerprint density at radius 2 is 1.97 bits per heavy atom. The average Bonchev–Trinajstić information content (AvgIpc) is 3.48. The maximum absolute atomic E-state index is 12.5. The van der Waals surface area contributed by atoms with Gasteiger partial charge in [0.1, 0.15) is 29.3 Å². The summed E-state index contributed by atoms with van der Waals surface area (Å²) in [5.74, 6) is 2.14. The first-order valence-electron chi connectivity index (χ1n) is 11.3. The molecule has 0 bridgehead atoms. The highest BCUT2D eigenvalue weighted by Gasteiger charge is 2.24. The van der Waals surface area contributed by atoms with Gasteiger partial charge in [-0.2, -0.15) is 0 Å². The third-order valence-electron chi connectivity index (χ3n) is 5.58. The lowest BCUT2D eigenvalue weighted by Gasteiger charge is -2.11. The zero-order chi connectivity index (χ0) is 24.2. The number of hydrogen-bond acceptors (Lipinski definition) is 10. The van der Waals surface area contributed by atoms with Crippen LogP contribution < -0.4 is 5.32 Å². The van der Waals surface area contributed by atoms with Crippen molar-refractivity contribution in [2.24, 2.45) is 0 Å². The highest BCUT2D eigenvalue weighted by atomic mass is 32.1. The lowest BCUT2D eigenvalue weighted by Crippen LogP contribution is -2.22. The number of aryl methyl sites for hydroxylation is 1. The van der Waals surface area contributed by atoms with Gasteiger partial charge in [-0.3, -0.25) is 0 Å². The maximum Gasteiger partial charge on any atom is 0.339 e. The fourth-order valence-corrected chi connectivity index (χ4v) is 4.70. The SMILES string of the molecule is Cc1cccc(-c2nccc(Nc3ccnc(Cc4cc(C(=O)O[C@@H]5CCN(C)C5)cs4)n3)n2)n1. The molecular weight excluding hydrogens is 462 g/mol. The second-order valence-electron chi connectivity index (χ2n) is 8.47. The van der Waals surface area contributed by atoms with Gasteiger partial charge in [0.05, 0.1) is 5.56 Å². The molecule has 0 aromatic carbocycles. The minimum Gasteiger partial charge on any atom is -0.457 e. The van der Waals surface area contributed by atoms with Crippen LogP contribution in [0.3, 0.4) is 0 Å².